The van der Waals surface area contributed by atoms with E-state index in [-0.39, 0.29) is 24.2 Å². The summed E-state index contributed by atoms with van der Waals surface area (Å²) in [6.07, 6.45) is -1.07. The molecule has 4 saturated heterocycles. The van der Waals surface area contributed by atoms with Crippen molar-refractivity contribution >= 4 is 69.5 Å². The number of methoxy groups -OCH3 is 1. The molecule has 598 valence electrons. The van der Waals surface area contributed by atoms with Gasteiger partial charge in [0.05, 0.1) is 62.0 Å². The van der Waals surface area contributed by atoms with Crippen LogP contribution >= 0.6 is 22.5 Å². The summed E-state index contributed by atoms with van der Waals surface area (Å²) in [5.74, 6) is -10.5. The Morgan fingerprint density at radius 3 is 1.94 bits per heavy atom. The summed E-state index contributed by atoms with van der Waals surface area (Å²) < 4.78 is 44.9. The monoisotopic (exact) mass is 1550 g/mol. The fraction of sp³-hybridized carbons (Fsp3) is 0.625. The normalized spacial score (nSPS) is 26.5. The maximum atomic E-state index is 15.0. The number of nitrogens with zero attached hydrogens (tertiary/aromatic N) is 6. The molecule has 18 N–H and O–H groups in total. The highest BCUT2D eigenvalue weighted by Crippen LogP contribution is 2.41. The van der Waals surface area contributed by atoms with Crippen LogP contribution in [0.1, 0.15) is 113 Å². The van der Waals surface area contributed by atoms with Crippen LogP contribution in [0.5, 0.6) is 11.5 Å². The van der Waals surface area contributed by atoms with Crippen molar-refractivity contribution < 1.29 is 107 Å². The van der Waals surface area contributed by atoms with Crippen molar-refractivity contribution in [3.63, 3.8) is 0 Å². The molecule has 0 spiro atoms. The largest absolute Gasteiger partial charge is 0.504 e. The molecule has 0 unspecified atom stereocenters. The van der Waals surface area contributed by atoms with Gasteiger partial charge in [-0.1, -0.05) is 62.1 Å². The molecule has 0 radical (unpaired) electrons. The van der Waals surface area contributed by atoms with E-state index in [9.17, 15) is 88.4 Å². The molecule has 5 fully saturated rings. The number of carbonyl (C=O) groups excluding carboxylic acids is 7. The SMILES string of the molecule is COCCCCCCCCOC1CCC(N2CCN(c3ccc(-c4nnc(-c5ccc(C(=O)N[C@H]6C[C@@H](O)CNC(=O)[C@@H]7[C@@H](O)[C@@H](C)CN7C(=O)[C@H]([C@H](O)CCNC(CO)CO)NC(=O)[C@H]([C@H](O)Cc7ccc(O)c(OS(O)(O)O)c7)NC(=O)[C@@H]7C[C@@H](O)CN7C(=O)[C@H]([C@@H](C)O)NC6=O)cc5)s4)cc3)CC2)CC1. The van der Waals surface area contributed by atoms with E-state index in [0.29, 0.717) is 27.7 Å². The topological polar surface area (TPSA) is 501 Å². The van der Waals surface area contributed by atoms with E-state index in [0.717, 1.165) is 118 Å². The predicted octanol–water partition coefficient (Wildman–Crippen LogP) is -0.187. The van der Waals surface area contributed by atoms with E-state index < -0.39 is 201 Å². The number of aromatic hydroxyl groups is 1. The number of piperazine rings is 1. The second-order valence-electron chi connectivity index (χ2n) is 28.6. The van der Waals surface area contributed by atoms with Crippen LogP contribution in [-0.4, -0.2) is 303 Å². The standard InChI is InChI=1S/C72H106N12O22S2/c1-41-37-84-62(63(41)93)68(98)74-36-50(88)34-53(75-64(94)44-11-13-45(14-12-44)69-79-80-70(107-69)46-15-17-48(18-16-46)81-26-28-82(29-27-81)49-19-21-52(22-20-49)105-31-9-7-5-4-6-8-30-104-3)65(95)76-59(42(2)87)71(99)83-38-51(89)35-54(83)66(96)77-60(57(92)32-43-10-23-55(90)58(33-43)106-108(101,102)103)67(97)78-61(72(84)100)56(91)24-25-73-47(39-85)40-86/h10-18,23,33,41-42,47,49-54,56-57,59-63,73,85-93,101-103H,4-9,19-22,24-32,34-40H2,1-3H3,(H,74,98)(H,75,94)(H,76,95)(H,77,96)(H,78,97)/t41-,42+,49?,50+,51+,52?,53-,54-,56+,57+,59-,60-,61-,62-,63-/m0/s1. The number of rotatable bonds is 29. The summed E-state index contributed by atoms with van der Waals surface area (Å²) in [6.45, 7) is 4.99. The van der Waals surface area contributed by atoms with Gasteiger partial charge >= 0.3 is 0 Å². The minimum absolute atomic E-state index is 0.00787. The van der Waals surface area contributed by atoms with Crippen LogP contribution < -0.4 is 41.0 Å². The second kappa shape index (κ2) is 40.0. The lowest BCUT2D eigenvalue weighted by Gasteiger charge is -2.42. The van der Waals surface area contributed by atoms with Gasteiger partial charge in [-0.25, -0.2) is 0 Å². The number of aromatic nitrogens is 2. The maximum absolute atomic E-state index is 15.0. The molecule has 13 atom stereocenters. The van der Waals surface area contributed by atoms with E-state index >= 15 is 4.79 Å². The number of carbonyl (C=O) groups is 7. The number of amides is 7. The van der Waals surface area contributed by atoms with Gasteiger partial charge in [0.2, 0.25) is 35.4 Å². The zero-order chi connectivity index (χ0) is 77.9. The molecular formula is C72H106N12O22S2. The Balaban J connectivity index is 0.895. The summed E-state index contributed by atoms with van der Waals surface area (Å²) in [5, 5.41) is 124. The van der Waals surface area contributed by atoms with Gasteiger partial charge in [-0.2, -0.15) is 0 Å². The molecule has 3 aromatic carbocycles. The molecule has 1 aromatic heterocycles. The highest BCUT2D eigenvalue weighted by molar-refractivity contribution is 8.15. The molecule has 9 rings (SSSR count). The summed E-state index contributed by atoms with van der Waals surface area (Å²) in [7, 11) is 1.75. The smallest absolute Gasteiger partial charge is 0.266 e. The van der Waals surface area contributed by atoms with Gasteiger partial charge in [-0.3, -0.25) is 52.1 Å². The van der Waals surface area contributed by atoms with Crippen LogP contribution in [0, 0.1) is 5.92 Å². The Hall–Kier alpha value is -7.34. The predicted molar refractivity (Wildman–Crippen MR) is 396 cm³/mol. The Kier molecular flexibility index (Phi) is 31.4. The lowest BCUT2D eigenvalue weighted by Crippen LogP contribution is -2.64. The maximum Gasteiger partial charge on any atom is 0.266 e. The van der Waals surface area contributed by atoms with Crippen molar-refractivity contribution in [3.8, 4) is 32.6 Å². The van der Waals surface area contributed by atoms with E-state index in [1.54, 1.807) is 19.2 Å². The van der Waals surface area contributed by atoms with Gasteiger partial charge in [-0.05, 0) is 113 Å². The molecule has 1 aliphatic carbocycles. The van der Waals surface area contributed by atoms with Crippen molar-refractivity contribution in [1.29, 1.82) is 0 Å². The lowest BCUT2D eigenvalue weighted by atomic mass is 9.91. The second-order valence-corrected chi connectivity index (χ2v) is 30.7. The van der Waals surface area contributed by atoms with Crippen molar-refractivity contribution in [2.24, 2.45) is 5.92 Å². The first-order valence-corrected chi connectivity index (χ1v) is 39.2. The number of anilines is 1. The third-order valence-electron chi connectivity index (χ3n) is 20.6. The minimum atomic E-state index is -4.75. The average Bonchev–Trinajstić information content (AvgIpc) is 1.62. The van der Waals surface area contributed by atoms with Gasteiger partial charge < -0.3 is 106 Å². The van der Waals surface area contributed by atoms with E-state index in [1.165, 1.54) is 62.1 Å². The molecule has 36 heteroatoms. The number of benzene rings is 3. The van der Waals surface area contributed by atoms with Crippen LogP contribution in [0.15, 0.2) is 66.7 Å². The lowest BCUT2D eigenvalue weighted by molar-refractivity contribution is -0.147. The number of aliphatic hydroxyl groups is 8. The molecule has 5 heterocycles. The molecule has 4 aromatic rings. The number of unbranched alkanes of at least 4 members (excludes halogenated alkanes) is 5. The number of phenolic OH excluding ortho intramolecular Hbond substituents is 1. The highest BCUT2D eigenvalue weighted by atomic mass is 32.3. The summed E-state index contributed by atoms with van der Waals surface area (Å²) in [5.41, 5.74) is 2.50. The molecule has 108 heavy (non-hydrogen) atoms. The zero-order valence-corrected chi connectivity index (χ0v) is 62.6. The fourth-order valence-electron chi connectivity index (χ4n) is 14.4. The van der Waals surface area contributed by atoms with Crippen LogP contribution in [0.3, 0.4) is 0 Å². The van der Waals surface area contributed by atoms with Gasteiger partial charge in [0.1, 0.15) is 46.3 Å². The third-order valence-corrected chi connectivity index (χ3v) is 22.0. The molecule has 7 amide bonds. The van der Waals surface area contributed by atoms with Crippen molar-refractivity contribution in [3.05, 3.63) is 77.9 Å². The van der Waals surface area contributed by atoms with Crippen molar-refractivity contribution in [2.45, 2.75) is 195 Å². The van der Waals surface area contributed by atoms with Crippen LogP contribution in [-0.2, 0) is 44.7 Å². The van der Waals surface area contributed by atoms with Crippen LogP contribution in [0.25, 0.3) is 21.1 Å². The van der Waals surface area contributed by atoms with Crippen LogP contribution in [0.4, 0.5) is 5.69 Å². The molecule has 34 nitrogen and oxygen atoms in total. The molecular weight excluding hydrogens is 1450 g/mol. The van der Waals surface area contributed by atoms with Gasteiger partial charge in [0.15, 0.2) is 11.5 Å². The number of phenols is 1. The summed E-state index contributed by atoms with van der Waals surface area (Å²) in [6, 6.07) is 5.39. The summed E-state index contributed by atoms with van der Waals surface area (Å²) in [4.78, 5) is 109. The Morgan fingerprint density at radius 1 is 0.694 bits per heavy atom. The highest BCUT2D eigenvalue weighted by Gasteiger charge is 2.50. The minimum Gasteiger partial charge on any atom is -0.504 e. The van der Waals surface area contributed by atoms with Crippen LogP contribution in [0.2, 0.25) is 0 Å². The number of fused-ring (bicyclic) bond motifs is 2. The summed E-state index contributed by atoms with van der Waals surface area (Å²) >= 11 is -3.42. The van der Waals surface area contributed by atoms with Gasteiger partial charge in [-0.15, -0.1) is 10.2 Å². The number of hydrogen-bond donors (Lipinski definition) is 18. The number of hydrogen-bond acceptors (Lipinski definition) is 28. The fourth-order valence-corrected chi connectivity index (χ4v) is 15.7. The Labute approximate surface area is 632 Å². The first-order valence-electron chi connectivity index (χ1n) is 36.9. The van der Waals surface area contributed by atoms with E-state index in [2.05, 4.69) is 68.2 Å². The third kappa shape index (κ3) is 23.1. The molecule has 1 saturated carbocycles. The quantitative estimate of drug-likeness (QED) is 0.0313. The Bertz CT molecular complexity index is 3600. The molecule has 4 aliphatic heterocycles. The number of aliphatic hydroxyl groups excluding tert-OH is 8. The zero-order valence-electron chi connectivity index (χ0n) is 60.9. The van der Waals surface area contributed by atoms with Gasteiger partial charge in [0, 0.05) is 120 Å². The molecule has 0 bridgehead atoms. The molecule has 5 aliphatic rings. The van der Waals surface area contributed by atoms with Crippen molar-refractivity contribution in [2.75, 3.05) is 90.8 Å². The van der Waals surface area contributed by atoms with Crippen molar-refractivity contribution in [1.82, 2.24) is 56.8 Å². The number of β-amino-alcohol motifs (C(OH)–C–C–N with tert-alkyl or cyclic N) is 1. The first-order chi connectivity index (χ1) is 51.6. The first kappa shape index (κ1) is 84.7. The van der Waals surface area contributed by atoms with E-state index in [1.807, 2.05) is 12.1 Å². The number of nitrogens with one attached hydrogen (secondary N) is 6. The van der Waals surface area contributed by atoms with E-state index in [4.69, 9.17) is 9.47 Å². The number of ether oxygens (including phenoxy) is 2. The Morgan fingerprint density at radius 2 is 1.31 bits per heavy atom. The average molecular weight is 1560 g/mol. The van der Waals surface area contributed by atoms with Gasteiger partial charge in [0.25, 0.3) is 17.1 Å².